The zero-order valence-electron chi connectivity index (χ0n) is 18.1. The fourth-order valence-electron chi connectivity index (χ4n) is 3.56. The summed E-state index contributed by atoms with van der Waals surface area (Å²) in [4.78, 5) is 27.0. The van der Waals surface area contributed by atoms with Crippen LogP contribution in [0.5, 0.6) is 0 Å². The molecule has 4 aromatic rings. The van der Waals surface area contributed by atoms with E-state index in [1.54, 1.807) is 47.3 Å². The second kappa shape index (κ2) is 9.57. The Bertz CT molecular complexity index is 1550. The van der Waals surface area contributed by atoms with E-state index in [2.05, 4.69) is 10.3 Å². The molecule has 0 aliphatic rings. The Morgan fingerprint density at radius 1 is 1.06 bits per heavy atom. The molecule has 0 aliphatic carbocycles. The topological polar surface area (TPSA) is 122 Å². The number of pyridine rings is 1. The van der Waals surface area contributed by atoms with Crippen LogP contribution < -0.4 is 9.62 Å². The molecule has 2 aromatic heterocycles. The Balaban J connectivity index is 1.78. The number of nitrogens with zero attached hydrogens (tertiary/aromatic N) is 3. The van der Waals surface area contributed by atoms with Gasteiger partial charge in [-0.05, 0) is 48.5 Å². The van der Waals surface area contributed by atoms with E-state index in [0.29, 0.717) is 22.4 Å². The molecule has 1 amide bonds. The van der Waals surface area contributed by atoms with E-state index < -0.39 is 22.5 Å². The molecule has 0 saturated heterocycles. The smallest absolute Gasteiger partial charge is 0.324 e. The van der Waals surface area contributed by atoms with Crippen LogP contribution in [-0.2, 0) is 19.6 Å². The number of sulfonamides is 1. The predicted molar refractivity (Wildman–Crippen MR) is 134 cm³/mol. The van der Waals surface area contributed by atoms with Crippen molar-refractivity contribution in [3.05, 3.63) is 77.0 Å². The molecule has 0 bridgehead atoms. The van der Waals surface area contributed by atoms with Crippen molar-refractivity contribution in [2.75, 3.05) is 16.2 Å². The number of nitrogens with one attached hydrogen (secondary N) is 1. The van der Waals surface area contributed by atoms with Crippen LogP contribution in [0.3, 0.4) is 0 Å². The van der Waals surface area contributed by atoms with Gasteiger partial charge in [-0.15, -0.1) is 0 Å². The summed E-state index contributed by atoms with van der Waals surface area (Å²) in [6, 6.07) is 13.6. The molecule has 35 heavy (non-hydrogen) atoms. The molecule has 2 aromatic carbocycles. The maximum atomic E-state index is 13.4. The third-order valence-electron chi connectivity index (χ3n) is 4.98. The highest BCUT2D eigenvalue weighted by molar-refractivity contribution is 7.92. The molecule has 0 saturated carbocycles. The van der Waals surface area contributed by atoms with Crippen molar-refractivity contribution in [2.45, 2.75) is 11.8 Å². The minimum Gasteiger partial charge on any atom is -0.480 e. The second-order valence-corrected chi connectivity index (χ2v) is 10.3. The van der Waals surface area contributed by atoms with Crippen LogP contribution in [0.1, 0.15) is 6.92 Å². The van der Waals surface area contributed by atoms with Crippen molar-refractivity contribution in [1.29, 1.82) is 0 Å². The minimum atomic E-state index is -4.30. The number of carboxylic acids is 1. The average Bonchev–Trinajstić information content (AvgIpc) is 3.19. The average molecular weight is 533 g/mol. The molecule has 9 nitrogen and oxygen atoms in total. The first-order chi connectivity index (χ1) is 16.5. The summed E-state index contributed by atoms with van der Waals surface area (Å²) in [7, 11) is -4.30. The van der Waals surface area contributed by atoms with Crippen LogP contribution in [0.2, 0.25) is 10.0 Å². The van der Waals surface area contributed by atoms with Crippen molar-refractivity contribution in [3.8, 4) is 5.82 Å². The van der Waals surface area contributed by atoms with Crippen LogP contribution in [0.4, 0.5) is 11.4 Å². The summed E-state index contributed by atoms with van der Waals surface area (Å²) in [6.45, 7) is 0.597. The molecular formula is C23H18Cl2N4O5S. The van der Waals surface area contributed by atoms with Gasteiger partial charge in [0.15, 0.2) is 0 Å². The third kappa shape index (κ3) is 5.24. The van der Waals surface area contributed by atoms with E-state index in [1.807, 2.05) is 0 Å². The van der Waals surface area contributed by atoms with Crippen LogP contribution in [0, 0.1) is 0 Å². The van der Waals surface area contributed by atoms with E-state index in [4.69, 9.17) is 23.2 Å². The number of aromatic nitrogens is 2. The van der Waals surface area contributed by atoms with Gasteiger partial charge in [-0.3, -0.25) is 13.9 Å². The lowest BCUT2D eigenvalue weighted by molar-refractivity contribution is -0.135. The maximum absolute atomic E-state index is 13.4. The van der Waals surface area contributed by atoms with Gasteiger partial charge in [-0.1, -0.05) is 23.2 Å². The van der Waals surface area contributed by atoms with E-state index in [-0.39, 0.29) is 26.5 Å². The highest BCUT2D eigenvalue weighted by Gasteiger charge is 2.28. The van der Waals surface area contributed by atoms with Gasteiger partial charge in [-0.2, -0.15) is 0 Å². The highest BCUT2D eigenvalue weighted by Crippen LogP contribution is 2.31. The Labute approximate surface area is 210 Å². The number of carbonyl (C=O) groups excluding carboxylic acids is 1. The van der Waals surface area contributed by atoms with Gasteiger partial charge in [0.2, 0.25) is 5.91 Å². The molecule has 12 heteroatoms. The van der Waals surface area contributed by atoms with Crippen LogP contribution >= 0.6 is 23.2 Å². The quantitative estimate of drug-likeness (QED) is 0.359. The number of halogens is 2. The monoisotopic (exact) mass is 532 g/mol. The molecule has 0 spiro atoms. The number of aliphatic carboxylic acids is 1. The van der Waals surface area contributed by atoms with Crippen molar-refractivity contribution in [3.63, 3.8) is 0 Å². The number of benzene rings is 2. The first-order valence-corrected chi connectivity index (χ1v) is 12.3. The number of carboxylic acid groups (broad SMARTS) is 1. The third-order valence-corrected chi connectivity index (χ3v) is 7.17. The number of carbonyl (C=O) groups is 2. The van der Waals surface area contributed by atoms with E-state index >= 15 is 0 Å². The number of hydrogen-bond acceptors (Lipinski definition) is 5. The largest absolute Gasteiger partial charge is 0.480 e. The number of anilines is 2. The molecule has 180 valence electrons. The molecule has 0 fully saturated rings. The van der Waals surface area contributed by atoms with Gasteiger partial charge < -0.3 is 15.0 Å². The molecule has 0 radical (unpaired) electrons. The summed E-state index contributed by atoms with van der Waals surface area (Å²) < 4.78 is 29.3. The summed E-state index contributed by atoms with van der Waals surface area (Å²) in [5.74, 6) is -1.02. The predicted octanol–water partition coefficient (Wildman–Crippen LogP) is 4.57. The van der Waals surface area contributed by atoms with Gasteiger partial charge in [0.1, 0.15) is 12.4 Å². The maximum Gasteiger partial charge on any atom is 0.324 e. The van der Waals surface area contributed by atoms with Crippen molar-refractivity contribution < 1.29 is 23.1 Å². The summed E-state index contributed by atoms with van der Waals surface area (Å²) in [5, 5.41) is 13.0. The van der Waals surface area contributed by atoms with E-state index in [0.717, 1.165) is 4.31 Å². The fourth-order valence-corrected chi connectivity index (χ4v) is 5.69. The van der Waals surface area contributed by atoms with Gasteiger partial charge in [-0.25, -0.2) is 13.4 Å². The normalized spacial score (nSPS) is 11.4. The summed E-state index contributed by atoms with van der Waals surface area (Å²) >= 11 is 12.0. The van der Waals surface area contributed by atoms with Crippen LogP contribution in [0.15, 0.2) is 71.9 Å². The highest BCUT2D eigenvalue weighted by atomic mass is 35.5. The Hall–Kier alpha value is -3.60. The van der Waals surface area contributed by atoms with Crippen molar-refractivity contribution in [1.82, 2.24) is 9.55 Å². The number of rotatable bonds is 7. The molecule has 0 atom stereocenters. The number of hydrogen-bond donors (Lipinski definition) is 2. The Morgan fingerprint density at radius 2 is 1.77 bits per heavy atom. The van der Waals surface area contributed by atoms with Gasteiger partial charge in [0.05, 0.1) is 16.1 Å². The van der Waals surface area contributed by atoms with Crippen LogP contribution in [-0.4, -0.2) is 41.5 Å². The number of fused-ring (bicyclic) bond motifs is 1. The lowest BCUT2D eigenvalue weighted by Gasteiger charge is -2.23. The second-order valence-electron chi connectivity index (χ2n) is 7.52. The molecule has 2 N–H and O–H groups in total. The van der Waals surface area contributed by atoms with Gasteiger partial charge in [0, 0.05) is 46.5 Å². The fraction of sp³-hybridized carbons (Fsp3) is 0.0870. The molecule has 2 heterocycles. The molecule has 4 rings (SSSR count). The lowest BCUT2D eigenvalue weighted by atomic mass is 10.2. The standard InChI is InChI=1S/C23H18Cl2N4O5S/c1-14(30)27-18-4-6-26-22(12-18)28-7-5-15-8-19(2-3-21(15)28)29(13-23(31)32)35(33,34)20-10-16(24)9-17(25)11-20/h2-12H,13H2,1H3,(H,31,32)(H,26,27,30). The molecule has 0 unspecified atom stereocenters. The zero-order valence-corrected chi connectivity index (χ0v) is 20.5. The number of amides is 1. The first-order valence-electron chi connectivity index (χ1n) is 10.1. The molecule has 0 aliphatic heterocycles. The van der Waals surface area contributed by atoms with E-state index in [9.17, 15) is 23.1 Å². The van der Waals surface area contributed by atoms with Gasteiger partial charge in [0.25, 0.3) is 10.0 Å². The van der Waals surface area contributed by atoms with Crippen LogP contribution in [0.25, 0.3) is 16.7 Å². The minimum absolute atomic E-state index is 0.105. The molecular weight excluding hydrogens is 515 g/mol. The van der Waals surface area contributed by atoms with Crippen molar-refractivity contribution in [2.24, 2.45) is 0 Å². The van der Waals surface area contributed by atoms with E-state index in [1.165, 1.54) is 31.2 Å². The summed E-state index contributed by atoms with van der Waals surface area (Å²) in [5.41, 5.74) is 1.41. The van der Waals surface area contributed by atoms with Gasteiger partial charge >= 0.3 is 5.97 Å². The lowest BCUT2D eigenvalue weighted by Crippen LogP contribution is -2.35. The zero-order chi connectivity index (χ0) is 25.3. The first kappa shape index (κ1) is 24.5. The van der Waals surface area contributed by atoms with Crippen molar-refractivity contribution >= 4 is 67.4 Å². The Kier molecular flexibility index (Phi) is 6.70. The summed E-state index contributed by atoms with van der Waals surface area (Å²) in [6.07, 6.45) is 3.29. The SMILES string of the molecule is CC(=O)Nc1ccnc(-n2ccc3cc(N(CC(=O)O)S(=O)(=O)c4cc(Cl)cc(Cl)c4)ccc32)c1. The Morgan fingerprint density at radius 3 is 2.43 bits per heavy atom.